The molecule has 2 rings (SSSR count). The Kier molecular flexibility index (Phi) is 4.64. The van der Waals surface area contributed by atoms with E-state index in [1.165, 1.54) is 17.9 Å². The molecule has 128 valence electrons. The third-order valence-electron chi connectivity index (χ3n) is 4.06. The summed E-state index contributed by atoms with van der Waals surface area (Å²) in [6.45, 7) is 5.32. The molecule has 0 saturated heterocycles. The van der Waals surface area contributed by atoms with Gasteiger partial charge in [-0.05, 0) is 27.2 Å². The first-order valence-electron chi connectivity index (χ1n) is 7.48. The first-order chi connectivity index (χ1) is 11.2. The quantitative estimate of drug-likeness (QED) is 0.800. The summed E-state index contributed by atoms with van der Waals surface area (Å²) in [5.41, 5.74) is -1.41. The summed E-state index contributed by atoms with van der Waals surface area (Å²) >= 11 is 0. The summed E-state index contributed by atoms with van der Waals surface area (Å²) in [6, 6.07) is 0. The van der Waals surface area contributed by atoms with Gasteiger partial charge >= 0.3 is 11.7 Å². The zero-order valence-corrected chi connectivity index (χ0v) is 14.2. The fourth-order valence-corrected chi connectivity index (χ4v) is 2.29. The van der Waals surface area contributed by atoms with Gasteiger partial charge in [-0.2, -0.15) is 0 Å². The molecule has 0 fully saturated rings. The van der Waals surface area contributed by atoms with Crippen molar-refractivity contribution < 1.29 is 9.90 Å². The summed E-state index contributed by atoms with van der Waals surface area (Å²) in [4.78, 5) is 40.3. The smallest absolute Gasteiger partial charge is 0.332 e. The Bertz CT molecular complexity index is 966. The van der Waals surface area contributed by atoms with Gasteiger partial charge < -0.3 is 9.67 Å². The van der Waals surface area contributed by atoms with E-state index in [0.29, 0.717) is 6.54 Å². The first kappa shape index (κ1) is 17.5. The van der Waals surface area contributed by atoms with Gasteiger partial charge in [0.05, 0.1) is 18.3 Å². The molecule has 2 aromatic rings. The number of aryl methyl sites for hydroxylation is 1. The Morgan fingerprint density at radius 1 is 1.38 bits per heavy atom. The van der Waals surface area contributed by atoms with Crippen LogP contribution in [0.15, 0.2) is 15.9 Å². The SMILES string of the molecule is CC#CCn1cnc2c1c(=O)n(C)c(=O)n2CCC(C)(C)C(=O)O. The van der Waals surface area contributed by atoms with Crippen LogP contribution in [0.25, 0.3) is 11.2 Å². The summed E-state index contributed by atoms with van der Waals surface area (Å²) in [5, 5.41) is 9.22. The fourth-order valence-electron chi connectivity index (χ4n) is 2.29. The van der Waals surface area contributed by atoms with Crippen LogP contribution in [0.2, 0.25) is 0 Å². The maximum absolute atomic E-state index is 12.4. The van der Waals surface area contributed by atoms with Gasteiger partial charge in [-0.25, -0.2) is 9.78 Å². The monoisotopic (exact) mass is 332 g/mol. The average Bonchev–Trinajstić information content (AvgIpc) is 2.94. The van der Waals surface area contributed by atoms with Crippen LogP contribution in [0.1, 0.15) is 27.2 Å². The van der Waals surface area contributed by atoms with Crippen LogP contribution in [0, 0.1) is 17.3 Å². The zero-order valence-electron chi connectivity index (χ0n) is 14.2. The van der Waals surface area contributed by atoms with Crippen molar-refractivity contribution in [3.63, 3.8) is 0 Å². The third kappa shape index (κ3) is 2.97. The highest BCUT2D eigenvalue weighted by Crippen LogP contribution is 2.21. The van der Waals surface area contributed by atoms with Gasteiger partial charge in [0.2, 0.25) is 0 Å². The van der Waals surface area contributed by atoms with Crippen molar-refractivity contribution in [3.05, 3.63) is 27.2 Å². The molecule has 0 spiro atoms. The van der Waals surface area contributed by atoms with Crippen LogP contribution in [-0.2, 0) is 24.9 Å². The van der Waals surface area contributed by atoms with Crippen molar-refractivity contribution in [1.29, 1.82) is 0 Å². The maximum Gasteiger partial charge on any atom is 0.332 e. The molecule has 0 aromatic carbocycles. The Balaban J connectivity index is 2.59. The normalized spacial score (nSPS) is 11.3. The lowest BCUT2D eigenvalue weighted by Gasteiger charge is -2.19. The summed E-state index contributed by atoms with van der Waals surface area (Å²) in [5.74, 6) is 4.66. The van der Waals surface area contributed by atoms with Gasteiger partial charge in [0.25, 0.3) is 5.56 Å². The lowest BCUT2D eigenvalue weighted by Crippen LogP contribution is -2.39. The second kappa shape index (κ2) is 6.35. The van der Waals surface area contributed by atoms with Gasteiger partial charge in [0.1, 0.15) is 0 Å². The van der Waals surface area contributed by atoms with E-state index in [4.69, 9.17) is 0 Å². The molecular weight excluding hydrogens is 312 g/mol. The number of hydrogen-bond acceptors (Lipinski definition) is 4. The van der Waals surface area contributed by atoms with E-state index in [2.05, 4.69) is 16.8 Å². The molecule has 0 aliphatic heterocycles. The predicted octanol–water partition coefficient (Wildman–Crippen LogP) is 0.421. The van der Waals surface area contributed by atoms with E-state index in [1.807, 2.05) is 0 Å². The lowest BCUT2D eigenvalue weighted by molar-refractivity contribution is -0.147. The minimum absolute atomic E-state index is 0.152. The van der Waals surface area contributed by atoms with Crippen molar-refractivity contribution in [2.45, 2.75) is 40.3 Å². The molecule has 0 saturated carbocycles. The summed E-state index contributed by atoms with van der Waals surface area (Å²) in [7, 11) is 1.39. The third-order valence-corrected chi connectivity index (χ3v) is 4.06. The van der Waals surface area contributed by atoms with Gasteiger partial charge in [-0.1, -0.05) is 5.92 Å². The minimum atomic E-state index is -0.989. The standard InChI is InChI=1S/C16H20N4O4/c1-5-6-8-19-10-17-12-11(19)13(21)18(4)15(24)20(12)9-7-16(2,3)14(22)23/h10H,7-9H2,1-4H3,(H,22,23). The molecule has 0 radical (unpaired) electrons. The fraction of sp³-hybridized carbons (Fsp3) is 0.500. The average molecular weight is 332 g/mol. The molecule has 1 N–H and O–H groups in total. The number of carbonyl (C=O) groups is 1. The van der Waals surface area contributed by atoms with Crippen molar-refractivity contribution in [3.8, 4) is 11.8 Å². The lowest BCUT2D eigenvalue weighted by atomic mass is 9.89. The molecular formula is C16H20N4O4. The van der Waals surface area contributed by atoms with Crippen molar-refractivity contribution in [2.24, 2.45) is 12.5 Å². The van der Waals surface area contributed by atoms with Crippen LogP contribution in [0.3, 0.4) is 0 Å². The minimum Gasteiger partial charge on any atom is -0.481 e. The van der Waals surface area contributed by atoms with E-state index in [-0.39, 0.29) is 24.1 Å². The van der Waals surface area contributed by atoms with Crippen LogP contribution in [-0.4, -0.2) is 29.8 Å². The number of carboxylic acids is 1. The largest absolute Gasteiger partial charge is 0.481 e. The van der Waals surface area contributed by atoms with E-state index >= 15 is 0 Å². The van der Waals surface area contributed by atoms with Crippen molar-refractivity contribution >= 4 is 17.1 Å². The number of rotatable bonds is 5. The number of imidazole rings is 1. The number of hydrogen-bond donors (Lipinski definition) is 1. The molecule has 24 heavy (non-hydrogen) atoms. The Morgan fingerprint density at radius 3 is 2.62 bits per heavy atom. The van der Waals surface area contributed by atoms with E-state index in [1.54, 1.807) is 25.3 Å². The van der Waals surface area contributed by atoms with Crippen LogP contribution >= 0.6 is 0 Å². The van der Waals surface area contributed by atoms with Gasteiger partial charge in [-0.15, -0.1) is 5.92 Å². The van der Waals surface area contributed by atoms with E-state index in [0.717, 1.165) is 4.57 Å². The molecule has 2 heterocycles. The molecule has 0 aliphatic carbocycles. The molecule has 0 amide bonds. The molecule has 8 heteroatoms. The maximum atomic E-state index is 12.4. The van der Waals surface area contributed by atoms with Crippen molar-refractivity contribution in [2.75, 3.05) is 0 Å². The highest BCUT2D eigenvalue weighted by atomic mass is 16.4. The molecule has 0 unspecified atom stereocenters. The number of carboxylic acid groups (broad SMARTS) is 1. The van der Waals surface area contributed by atoms with Gasteiger partial charge in [-0.3, -0.25) is 18.7 Å². The Labute approximate surface area is 138 Å². The Morgan fingerprint density at radius 2 is 2.04 bits per heavy atom. The summed E-state index contributed by atoms with van der Waals surface area (Å²) in [6.07, 6.45) is 1.70. The molecule has 2 aromatic heterocycles. The number of aliphatic carboxylic acids is 1. The van der Waals surface area contributed by atoms with Gasteiger partial charge in [0.15, 0.2) is 11.2 Å². The predicted molar refractivity (Wildman–Crippen MR) is 88.7 cm³/mol. The van der Waals surface area contributed by atoms with Crippen LogP contribution in [0.4, 0.5) is 0 Å². The van der Waals surface area contributed by atoms with E-state index in [9.17, 15) is 19.5 Å². The molecule has 0 bridgehead atoms. The number of nitrogens with zero attached hydrogens (tertiary/aromatic N) is 4. The molecule has 8 nitrogen and oxygen atoms in total. The van der Waals surface area contributed by atoms with E-state index < -0.39 is 22.6 Å². The topological polar surface area (TPSA) is 99.1 Å². The van der Waals surface area contributed by atoms with Gasteiger partial charge in [0, 0.05) is 13.6 Å². The molecule has 0 atom stereocenters. The van der Waals surface area contributed by atoms with Crippen molar-refractivity contribution in [1.82, 2.24) is 18.7 Å². The number of aromatic nitrogens is 4. The second-order valence-corrected chi connectivity index (χ2v) is 6.21. The highest BCUT2D eigenvalue weighted by Gasteiger charge is 2.27. The highest BCUT2D eigenvalue weighted by molar-refractivity contribution is 5.73. The van der Waals surface area contributed by atoms with Crippen LogP contribution in [0.5, 0.6) is 0 Å². The first-order valence-corrected chi connectivity index (χ1v) is 7.48. The zero-order chi connectivity index (χ0) is 18.1. The second-order valence-electron chi connectivity index (χ2n) is 6.21. The number of fused-ring (bicyclic) bond motifs is 1. The summed E-state index contributed by atoms with van der Waals surface area (Å²) < 4.78 is 3.94. The Hall–Kier alpha value is -2.82. The molecule has 0 aliphatic rings. The van der Waals surface area contributed by atoms with Crippen LogP contribution < -0.4 is 11.2 Å².